The molecule has 2 rings (SSSR count). The zero-order valence-electron chi connectivity index (χ0n) is 11.5. The van der Waals surface area contributed by atoms with E-state index in [1.54, 1.807) is 11.8 Å². The summed E-state index contributed by atoms with van der Waals surface area (Å²) in [7, 11) is 0. The molecule has 4 heteroatoms. The molecule has 104 valence electrons. The van der Waals surface area contributed by atoms with Gasteiger partial charge in [-0.1, -0.05) is 36.4 Å². The number of anilines is 1. The van der Waals surface area contributed by atoms with Crippen molar-refractivity contribution in [3.63, 3.8) is 0 Å². The van der Waals surface area contributed by atoms with Crippen LogP contribution < -0.4 is 5.32 Å². The number of hydrogen-bond acceptors (Lipinski definition) is 3. The Balaban J connectivity index is 1.68. The van der Waals surface area contributed by atoms with Crippen LogP contribution in [0.3, 0.4) is 0 Å². The quantitative estimate of drug-likeness (QED) is 0.824. The Morgan fingerprint density at radius 3 is 2.70 bits per heavy atom. The highest BCUT2D eigenvalue weighted by Gasteiger charge is 2.03. The summed E-state index contributed by atoms with van der Waals surface area (Å²) in [5, 5.41) is 2.82. The van der Waals surface area contributed by atoms with Gasteiger partial charge in [-0.15, -0.1) is 0 Å². The number of rotatable bonds is 6. The van der Waals surface area contributed by atoms with Crippen molar-refractivity contribution in [3.05, 3.63) is 59.8 Å². The topological polar surface area (TPSA) is 42.0 Å². The highest BCUT2D eigenvalue weighted by Crippen LogP contribution is 2.13. The van der Waals surface area contributed by atoms with Crippen molar-refractivity contribution >= 4 is 23.5 Å². The van der Waals surface area contributed by atoms with Crippen LogP contribution >= 0.6 is 11.8 Å². The lowest BCUT2D eigenvalue weighted by atomic mass is 10.2. The summed E-state index contributed by atoms with van der Waals surface area (Å²) in [4.78, 5) is 16.0. The minimum atomic E-state index is 0.0173. The zero-order chi connectivity index (χ0) is 14.2. The number of nitrogens with one attached hydrogen (secondary N) is 1. The smallest absolute Gasteiger partial charge is 0.226 e. The number of benzene rings is 1. The molecule has 0 radical (unpaired) electrons. The lowest BCUT2D eigenvalue weighted by Gasteiger charge is -2.05. The number of nitrogens with zero attached hydrogens (tertiary/aromatic N) is 1. The summed E-state index contributed by atoms with van der Waals surface area (Å²) in [5.41, 5.74) is 2.19. The van der Waals surface area contributed by atoms with E-state index in [9.17, 15) is 4.79 Å². The predicted molar refractivity (Wildman–Crippen MR) is 84.8 cm³/mol. The largest absolute Gasteiger partial charge is 0.311 e. The Bertz CT molecular complexity index is 557. The first-order valence-electron chi connectivity index (χ1n) is 6.59. The van der Waals surface area contributed by atoms with Crippen LogP contribution in [0, 0.1) is 6.92 Å². The normalized spacial score (nSPS) is 10.2. The molecule has 1 aromatic heterocycles. The maximum Gasteiger partial charge on any atom is 0.226 e. The first-order chi connectivity index (χ1) is 9.74. The second-order valence-corrected chi connectivity index (χ2v) is 5.61. The lowest BCUT2D eigenvalue weighted by molar-refractivity contribution is -0.115. The Morgan fingerprint density at radius 1 is 1.15 bits per heavy atom. The summed E-state index contributed by atoms with van der Waals surface area (Å²) < 4.78 is 0. The van der Waals surface area contributed by atoms with Gasteiger partial charge in [-0.05, 0) is 24.6 Å². The van der Waals surface area contributed by atoms with Crippen molar-refractivity contribution in [2.24, 2.45) is 0 Å². The van der Waals surface area contributed by atoms with Gasteiger partial charge in [-0.3, -0.25) is 4.79 Å². The number of pyridine rings is 1. The van der Waals surface area contributed by atoms with E-state index < -0.39 is 0 Å². The maximum absolute atomic E-state index is 11.8. The van der Waals surface area contributed by atoms with Crippen LogP contribution in [0.4, 0.5) is 5.82 Å². The monoisotopic (exact) mass is 286 g/mol. The highest BCUT2D eigenvalue weighted by molar-refractivity contribution is 7.98. The average Bonchev–Trinajstić information content (AvgIpc) is 2.45. The van der Waals surface area contributed by atoms with E-state index in [0.29, 0.717) is 12.2 Å². The summed E-state index contributed by atoms with van der Waals surface area (Å²) in [6.45, 7) is 1.91. The number of amides is 1. The van der Waals surface area contributed by atoms with Crippen molar-refractivity contribution in [1.29, 1.82) is 0 Å². The summed E-state index contributed by atoms with van der Waals surface area (Å²) in [6, 6.07) is 15.9. The van der Waals surface area contributed by atoms with Gasteiger partial charge >= 0.3 is 0 Å². The summed E-state index contributed by atoms with van der Waals surface area (Å²) in [5.74, 6) is 2.40. The molecule has 3 nitrogen and oxygen atoms in total. The first-order valence-corrected chi connectivity index (χ1v) is 7.75. The van der Waals surface area contributed by atoms with Crippen LogP contribution in [0.25, 0.3) is 0 Å². The lowest BCUT2D eigenvalue weighted by Crippen LogP contribution is -2.13. The van der Waals surface area contributed by atoms with E-state index in [4.69, 9.17) is 0 Å². The van der Waals surface area contributed by atoms with Crippen LogP contribution in [0.15, 0.2) is 48.5 Å². The molecule has 1 N–H and O–H groups in total. The van der Waals surface area contributed by atoms with Crippen molar-refractivity contribution in [3.8, 4) is 0 Å². The SMILES string of the molecule is Cc1cccc(NC(=O)CCSCc2ccccc2)n1. The zero-order valence-corrected chi connectivity index (χ0v) is 12.3. The van der Waals surface area contributed by atoms with E-state index in [1.807, 2.05) is 43.3 Å². The molecular formula is C16H18N2OS. The fourth-order valence-electron chi connectivity index (χ4n) is 1.75. The fraction of sp³-hybridized carbons (Fsp3) is 0.250. The number of thioether (sulfide) groups is 1. The molecule has 0 saturated heterocycles. The van der Waals surface area contributed by atoms with Crippen molar-refractivity contribution in [2.75, 3.05) is 11.1 Å². The third-order valence-corrected chi connectivity index (χ3v) is 3.77. The van der Waals surface area contributed by atoms with Crippen molar-refractivity contribution in [1.82, 2.24) is 4.98 Å². The molecule has 1 amide bonds. The number of carbonyl (C=O) groups excluding carboxylic acids is 1. The van der Waals surface area contributed by atoms with Gasteiger partial charge in [-0.2, -0.15) is 11.8 Å². The maximum atomic E-state index is 11.8. The van der Waals surface area contributed by atoms with Gasteiger partial charge in [-0.25, -0.2) is 4.98 Å². The van der Waals surface area contributed by atoms with E-state index in [1.165, 1.54) is 5.56 Å². The van der Waals surface area contributed by atoms with Crippen LogP contribution in [-0.4, -0.2) is 16.6 Å². The van der Waals surface area contributed by atoms with E-state index >= 15 is 0 Å². The molecule has 0 spiro atoms. The van der Waals surface area contributed by atoms with Gasteiger partial charge in [0.05, 0.1) is 0 Å². The minimum Gasteiger partial charge on any atom is -0.311 e. The molecule has 0 saturated carbocycles. The Morgan fingerprint density at radius 2 is 1.95 bits per heavy atom. The third-order valence-electron chi connectivity index (χ3n) is 2.74. The van der Waals surface area contributed by atoms with Crippen LogP contribution in [0.2, 0.25) is 0 Å². The van der Waals surface area contributed by atoms with Crippen LogP contribution in [-0.2, 0) is 10.5 Å². The second kappa shape index (κ2) is 7.70. The molecule has 20 heavy (non-hydrogen) atoms. The van der Waals surface area contributed by atoms with E-state index in [-0.39, 0.29) is 5.91 Å². The number of hydrogen-bond donors (Lipinski definition) is 1. The summed E-state index contributed by atoms with van der Waals surface area (Å²) >= 11 is 1.77. The minimum absolute atomic E-state index is 0.0173. The number of carbonyl (C=O) groups is 1. The Hall–Kier alpha value is -1.81. The fourth-order valence-corrected chi connectivity index (χ4v) is 2.65. The second-order valence-electron chi connectivity index (χ2n) is 4.50. The van der Waals surface area contributed by atoms with Crippen molar-refractivity contribution in [2.45, 2.75) is 19.1 Å². The van der Waals surface area contributed by atoms with E-state index in [0.717, 1.165) is 17.2 Å². The van der Waals surface area contributed by atoms with Gasteiger partial charge in [0.2, 0.25) is 5.91 Å². The van der Waals surface area contributed by atoms with Crippen LogP contribution in [0.1, 0.15) is 17.7 Å². The van der Waals surface area contributed by atoms with Crippen LogP contribution in [0.5, 0.6) is 0 Å². The highest BCUT2D eigenvalue weighted by atomic mass is 32.2. The molecule has 0 atom stereocenters. The standard InChI is InChI=1S/C16H18N2OS/c1-13-6-5-9-15(17-13)18-16(19)10-11-20-12-14-7-3-2-4-8-14/h2-9H,10-12H2,1H3,(H,17,18,19). The van der Waals surface area contributed by atoms with Gasteiger partial charge in [0.15, 0.2) is 0 Å². The number of aromatic nitrogens is 1. The molecular weight excluding hydrogens is 268 g/mol. The third kappa shape index (κ3) is 5.05. The molecule has 1 heterocycles. The Kier molecular flexibility index (Phi) is 5.62. The van der Waals surface area contributed by atoms with Gasteiger partial charge in [0, 0.05) is 23.6 Å². The average molecular weight is 286 g/mol. The molecule has 0 aliphatic heterocycles. The molecule has 2 aromatic rings. The molecule has 1 aromatic carbocycles. The van der Waals surface area contributed by atoms with Gasteiger partial charge < -0.3 is 5.32 Å². The van der Waals surface area contributed by atoms with Gasteiger partial charge in [0.1, 0.15) is 5.82 Å². The molecule has 0 unspecified atom stereocenters. The summed E-state index contributed by atoms with van der Waals surface area (Å²) in [6.07, 6.45) is 0.507. The number of aryl methyl sites for hydroxylation is 1. The first kappa shape index (κ1) is 14.6. The predicted octanol–water partition coefficient (Wildman–Crippen LogP) is 3.65. The molecule has 0 fully saturated rings. The Labute approximate surface area is 123 Å². The molecule has 0 bridgehead atoms. The van der Waals surface area contributed by atoms with E-state index in [2.05, 4.69) is 22.4 Å². The van der Waals surface area contributed by atoms with Crippen molar-refractivity contribution < 1.29 is 4.79 Å². The van der Waals surface area contributed by atoms with Gasteiger partial charge in [0.25, 0.3) is 0 Å². The molecule has 0 aliphatic rings. The molecule has 0 aliphatic carbocycles.